The Morgan fingerprint density at radius 2 is 1.83 bits per heavy atom. The highest BCUT2D eigenvalue weighted by Gasteiger charge is 2.30. The van der Waals surface area contributed by atoms with E-state index >= 15 is 0 Å². The summed E-state index contributed by atoms with van der Waals surface area (Å²) in [5.41, 5.74) is 6.01. The van der Waals surface area contributed by atoms with Gasteiger partial charge >= 0.3 is 5.97 Å². The van der Waals surface area contributed by atoms with Crippen LogP contribution in [0.2, 0.25) is 0 Å². The normalized spacial score (nSPS) is 17.8. The molecule has 1 atom stereocenters. The summed E-state index contributed by atoms with van der Waals surface area (Å²) in [6.45, 7) is 3.92. The fraction of sp³-hybridized carbons (Fsp3) is 0.394. The first kappa shape index (κ1) is 28.3. The molecule has 1 N–H and O–H groups in total. The van der Waals surface area contributed by atoms with Gasteiger partial charge in [0, 0.05) is 24.1 Å². The highest BCUT2D eigenvalue weighted by Crippen LogP contribution is 2.32. The van der Waals surface area contributed by atoms with E-state index in [1.165, 1.54) is 0 Å². The molecule has 5 rings (SSSR count). The van der Waals surface area contributed by atoms with Crippen molar-refractivity contribution in [3.63, 3.8) is 0 Å². The van der Waals surface area contributed by atoms with Gasteiger partial charge in [-0.05, 0) is 61.3 Å². The molecule has 1 fully saturated rings. The Hall–Kier alpha value is -4.22. The van der Waals surface area contributed by atoms with E-state index in [2.05, 4.69) is 18.1 Å². The van der Waals surface area contributed by atoms with Gasteiger partial charge in [0.1, 0.15) is 5.65 Å². The molecule has 8 nitrogen and oxygen atoms in total. The predicted molar refractivity (Wildman–Crippen MR) is 157 cm³/mol. The number of aliphatic carboxylic acids is 1. The summed E-state index contributed by atoms with van der Waals surface area (Å²) in [7, 11) is 0. The molecule has 1 aliphatic carbocycles. The van der Waals surface area contributed by atoms with Crippen molar-refractivity contribution in [2.45, 2.75) is 83.5 Å². The highest BCUT2D eigenvalue weighted by atomic mass is 16.5. The van der Waals surface area contributed by atoms with Gasteiger partial charge in [0.25, 0.3) is 5.56 Å². The maximum absolute atomic E-state index is 14.2. The second kappa shape index (κ2) is 12.5. The summed E-state index contributed by atoms with van der Waals surface area (Å²) in [5.74, 6) is -0.926. The topological polar surface area (TPSA) is 110 Å². The Morgan fingerprint density at radius 3 is 2.49 bits per heavy atom. The van der Waals surface area contributed by atoms with Gasteiger partial charge in [-0.1, -0.05) is 62.7 Å². The number of carboxylic acids is 1. The van der Waals surface area contributed by atoms with E-state index in [1.807, 2.05) is 70.6 Å². The van der Waals surface area contributed by atoms with Crippen molar-refractivity contribution in [2.24, 2.45) is 0 Å². The summed E-state index contributed by atoms with van der Waals surface area (Å²) >= 11 is 0. The molecule has 0 radical (unpaired) electrons. The van der Waals surface area contributed by atoms with E-state index in [4.69, 9.17) is 4.74 Å². The van der Waals surface area contributed by atoms with Crippen LogP contribution in [0, 0.1) is 11.3 Å². The zero-order valence-electron chi connectivity index (χ0n) is 23.6. The van der Waals surface area contributed by atoms with Gasteiger partial charge in [-0.2, -0.15) is 10.4 Å². The lowest BCUT2D eigenvalue weighted by Crippen LogP contribution is -2.36. The van der Waals surface area contributed by atoms with Crippen molar-refractivity contribution >= 4 is 11.6 Å². The molecule has 2 aromatic heterocycles. The number of benzene rings is 2. The predicted octanol–water partition coefficient (Wildman–Crippen LogP) is 5.94. The van der Waals surface area contributed by atoms with Crippen LogP contribution >= 0.6 is 0 Å². The first-order valence-electron chi connectivity index (χ1n) is 14.5. The Balaban J connectivity index is 1.46. The first-order chi connectivity index (χ1) is 19.9. The van der Waals surface area contributed by atoms with Gasteiger partial charge in [0.2, 0.25) is 0 Å². The summed E-state index contributed by atoms with van der Waals surface area (Å²) in [4.78, 5) is 25.7. The third-order valence-corrected chi connectivity index (χ3v) is 8.14. The van der Waals surface area contributed by atoms with Crippen molar-refractivity contribution < 1.29 is 14.6 Å². The van der Waals surface area contributed by atoms with E-state index in [9.17, 15) is 20.0 Å². The number of nitriles is 1. The molecule has 2 aromatic carbocycles. The number of carboxylic acid groups (broad SMARTS) is 1. The number of rotatable bonds is 10. The van der Waals surface area contributed by atoms with Gasteiger partial charge in [0.05, 0.1) is 29.6 Å². The Morgan fingerprint density at radius 1 is 1.10 bits per heavy atom. The number of aryl methyl sites for hydroxylation is 1. The minimum Gasteiger partial charge on any atom is -0.479 e. The standard InChI is InChI=1S/C33H36N4O4/c1-3-7-29-28(20-22-10-12-23(13-11-22)27-9-6-5-8-24(27)21-34)32(38)36(31-18-19-35-37(29)31)25-14-16-26(17-15-25)41-30(4-2)33(39)40/h5-6,8-13,18-19,25-26,30H,3-4,7,14-17,20H2,1-2H3,(H,39,40)/t25-,26-,30?. The maximum Gasteiger partial charge on any atom is 0.332 e. The Labute approximate surface area is 239 Å². The van der Waals surface area contributed by atoms with E-state index in [0.717, 1.165) is 59.3 Å². The van der Waals surface area contributed by atoms with E-state index in [-0.39, 0.29) is 17.7 Å². The van der Waals surface area contributed by atoms with Crippen LogP contribution < -0.4 is 5.56 Å². The van der Waals surface area contributed by atoms with E-state index in [0.29, 0.717) is 31.2 Å². The molecule has 1 aliphatic rings. The van der Waals surface area contributed by atoms with Crippen LogP contribution in [0.3, 0.4) is 0 Å². The fourth-order valence-electron chi connectivity index (χ4n) is 6.05. The van der Waals surface area contributed by atoms with Gasteiger partial charge < -0.3 is 9.84 Å². The molecule has 0 bridgehead atoms. The van der Waals surface area contributed by atoms with Crippen LogP contribution in [-0.4, -0.2) is 37.5 Å². The Kier molecular flexibility index (Phi) is 8.65. The molecule has 0 amide bonds. The number of hydrogen-bond donors (Lipinski definition) is 1. The van der Waals surface area contributed by atoms with Crippen LogP contribution in [0.15, 0.2) is 65.6 Å². The number of fused-ring (bicyclic) bond motifs is 1. The first-order valence-corrected chi connectivity index (χ1v) is 14.5. The molecule has 0 saturated heterocycles. The molecule has 0 spiro atoms. The van der Waals surface area contributed by atoms with Crippen molar-refractivity contribution in [1.29, 1.82) is 5.26 Å². The van der Waals surface area contributed by atoms with E-state index < -0.39 is 12.1 Å². The molecule has 8 heteroatoms. The summed E-state index contributed by atoms with van der Waals surface area (Å²) < 4.78 is 9.71. The van der Waals surface area contributed by atoms with Crippen LogP contribution in [0.25, 0.3) is 16.8 Å². The van der Waals surface area contributed by atoms with Crippen LogP contribution in [0.5, 0.6) is 0 Å². The molecule has 0 aliphatic heterocycles. The minimum absolute atomic E-state index is 0.00857. The number of ether oxygens (including phenoxy) is 1. The van der Waals surface area contributed by atoms with Crippen molar-refractivity contribution in [3.8, 4) is 17.2 Å². The number of nitrogens with zero attached hydrogens (tertiary/aromatic N) is 4. The summed E-state index contributed by atoms with van der Waals surface area (Å²) in [6, 6.07) is 19.8. The van der Waals surface area contributed by atoms with Gasteiger partial charge in [-0.15, -0.1) is 0 Å². The van der Waals surface area contributed by atoms with E-state index in [1.54, 1.807) is 6.20 Å². The SMILES string of the molecule is CCCc1c(Cc2ccc(-c3ccccc3C#N)cc2)c(=O)n([C@H]2CC[C@H](OC(CC)C(=O)O)CC2)c2ccnn12. The zero-order valence-corrected chi connectivity index (χ0v) is 23.6. The maximum atomic E-state index is 14.2. The molecule has 212 valence electrons. The van der Waals surface area contributed by atoms with Crippen molar-refractivity contribution in [3.05, 3.63) is 93.5 Å². The second-order valence-electron chi connectivity index (χ2n) is 10.8. The summed E-state index contributed by atoms with van der Waals surface area (Å²) in [6.07, 6.45) is 6.28. The monoisotopic (exact) mass is 552 g/mol. The molecule has 2 heterocycles. The van der Waals surface area contributed by atoms with Crippen molar-refractivity contribution in [1.82, 2.24) is 14.2 Å². The Bertz CT molecular complexity index is 1620. The summed E-state index contributed by atoms with van der Waals surface area (Å²) in [5, 5.41) is 23.5. The number of carbonyl (C=O) groups is 1. The quantitative estimate of drug-likeness (QED) is 0.261. The lowest BCUT2D eigenvalue weighted by molar-refractivity contribution is -0.156. The lowest BCUT2D eigenvalue weighted by Gasteiger charge is -2.32. The highest BCUT2D eigenvalue weighted by molar-refractivity contribution is 5.72. The number of hydrogen-bond acceptors (Lipinski definition) is 5. The average Bonchev–Trinajstić information content (AvgIpc) is 3.48. The molecule has 4 aromatic rings. The fourth-order valence-corrected chi connectivity index (χ4v) is 6.05. The van der Waals surface area contributed by atoms with Crippen molar-refractivity contribution in [2.75, 3.05) is 0 Å². The third kappa shape index (κ3) is 5.82. The molecular formula is C33H36N4O4. The minimum atomic E-state index is -0.926. The molecular weight excluding hydrogens is 516 g/mol. The van der Waals surface area contributed by atoms with Crippen LogP contribution in [-0.2, 0) is 22.4 Å². The smallest absolute Gasteiger partial charge is 0.332 e. The van der Waals surface area contributed by atoms with Gasteiger partial charge in [-0.3, -0.25) is 9.36 Å². The van der Waals surface area contributed by atoms with Crippen LogP contribution in [0.1, 0.15) is 80.8 Å². The molecule has 1 saturated carbocycles. The third-order valence-electron chi connectivity index (χ3n) is 8.14. The van der Waals surface area contributed by atoms with Gasteiger partial charge in [0.15, 0.2) is 6.10 Å². The number of aromatic nitrogens is 3. The largest absolute Gasteiger partial charge is 0.479 e. The molecule has 1 unspecified atom stereocenters. The lowest BCUT2D eigenvalue weighted by atomic mass is 9.92. The average molecular weight is 553 g/mol. The molecule has 41 heavy (non-hydrogen) atoms. The van der Waals surface area contributed by atoms with Crippen LogP contribution in [0.4, 0.5) is 0 Å². The van der Waals surface area contributed by atoms with Gasteiger partial charge in [-0.25, -0.2) is 9.31 Å². The zero-order chi connectivity index (χ0) is 28.9. The second-order valence-corrected chi connectivity index (χ2v) is 10.8.